The molecule has 0 unspecified atom stereocenters. The Kier molecular flexibility index (Phi) is 4.77. The highest BCUT2D eigenvalue weighted by atomic mass is 35.5. The minimum absolute atomic E-state index is 0.106. The molecule has 0 saturated carbocycles. The number of rotatable bonds is 4. The number of non-ortho nitro benzene ring substituents is 1. The Morgan fingerprint density at radius 1 is 1.19 bits per heavy atom. The Balaban J connectivity index is 2.17. The van der Waals surface area contributed by atoms with E-state index in [1.165, 1.54) is 18.2 Å². The van der Waals surface area contributed by atoms with Crippen molar-refractivity contribution in [1.29, 1.82) is 0 Å². The van der Waals surface area contributed by atoms with Crippen molar-refractivity contribution in [1.82, 2.24) is 0 Å². The molecule has 0 aliphatic rings. The smallest absolute Gasteiger partial charge is 0.271 e. The molecule has 0 heterocycles. The number of benzene rings is 2. The van der Waals surface area contributed by atoms with Crippen molar-refractivity contribution in [2.75, 3.05) is 5.32 Å². The van der Waals surface area contributed by atoms with E-state index in [2.05, 4.69) is 5.32 Å². The van der Waals surface area contributed by atoms with Crippen molar-refractivity contribution < 1.29 is 9.72 Å². The van der Waals surface area contributed by atoms with Gasteiger partial charge < -0.3 is 5.32 Å². The Hall–Kier alpha value is -2.11. The van der Waals surface area contributed by atoms with Gasteiger partial charge in [0.25, 0.3) is 11.6 Å². The highest BCUT2D eigenvalue weighted by Gasteiger charge is 2.12. The molecule has 1 N–H and O–H groups in total. The fourth-order valence-corrected chi connectivity index (χ4v) is 2.06. The van der Waals surface area contributed by atoms with Gasteiger partial charge in [0.2, 0.25) is 0 Å². The molecule has 2 rings (SSSR count). The normalized spacial score (nSPS) is 10.2. The second kappa shape index (κ2) is 6.56. The van der Waals surface area contributed by atoms with Crippen LogP contribution in [0.2, 0.25) is 5.02 Å². The van der Waals surface area contributed by atoms with Crippen LogP contribution >= 0.6 is 23.2 Å². The Morgan fingerprint density at radius 3 is 2.38 bits per heavy atom. The lowest BCUT2D eigenvalue weighted by Gasteiger charge is -2.07. The molecule has 1 amide bonds. The Labute approximate surface area is 130 Å². The predicted molar refractivity (Wildman–Crippen MR) is 82.1 cm³/mol. The van der Waals surface area contributed by atoms with Crippen molar-refractivity contribution in [2.24, 2.45) is 0 Å². The average molecular weight is 325 g/mol. The van der Waals surface area contributed by atoms with E-state index in [4.69, 9.17) is 23.2 Å². The summed E-state index contributed by atoms with van der Waals surface area (Å²) < 4.78 is 0. The molecule has 0 radical (unpaired) electrons. The molecule has 2 aromatic carbocycles. The Morgan fingerprint density at radius 2 is 1.86 bits per heavy atom. The van der Waals surface area contributed by atoms with Crippen LogP contribution in [0.4, 0.5) is 11.4 Å². The van der Waals surface area contributed by atoms with Gasteiger partial charge in [-0.25, -0.2) is 0 Å². The summed E-state index contributed by atoms with van der Waals surface area (Å²) in [4.78, 5) is 22.1. The minimum Gasteiger partial charge on any atom is -0.321 e. The van der Waals surface area contributed by atoms with Gasteiger partial charge in [0.05, 0.1) is 15.6 Å². The molecule has 7 heteroatoms. The van der Waals surface area contributed by atoms with Crippen LogP contribution in [0.5, 0.6) is 0 Å². The maximum atomic E-state index is 12.0. The van der Waals surface area contributed by atoms with E-state index < -0.39 is 4.92 Å². The first-order valence-electron chi connectivity index (χ1n) is 5.91. The second-order valence-corrected chi connectivity index (χ2v) is 4.88. The zero-order valence-electron chi connectivity index (χ0n) is 10.7. The van der Waals surface area contributed by atoms with Crippen LogP contribution in [-0.4, -0.2) is 10.8 Å². The van der Waals surface area contributed by atoms with Crippen molar-refractivity contribution in [3.05, 3.63) is 68.7 Å². The van der Waals surface area contributed by atoms with Gasteiger partial charge in [-0.3, -0.25) is 14.9 Å². The van der Waals surface area contributed by atoms with Crippen LogP contribution in [0.15, 0.2) is 42.5 Å². The highest BCUT2D eigenvalue weighted by Crippen LogP contribution is 2.27. The minimum atomic E-state index is -0.553. The first-order chi connectivity index (χ1) is 10.0. The lowest BCUT2D eigenvalue weighted by Crippen LogP contribution is -2.12. The van der Waals surface area contributed by atoms with Crippen molar-refractivity contribution in [3.8, 4) is 0 Å². The van der Waals surface area contributed by atoms with E-state index in [-0.39, 0.29) is 16.6 Å². The summed E-state index contributed by atoms with van der Waals surface area (Å²) in [6.45, 7) is 0. The number of hydrogen-bond donors (Lipinski definition) is 1. The summed E-state index contributed by atoms with van der Waals surface area (Å²) in [7, 11) is 0. The molecule has 21 heavy (non-hydrogen) atoms. The molecule has 0 saturated heterocycles. The molecule has 2 aromatic rings. The molecule has 5 nitrogen and oxygen atoms in total. The van der Waals surface area contributed by atoms with E-state index in [1.54, 1.807) is 24.3 Å². The standard InChI is InChI=1S/C14H10Cl2N2O3/c15-8-9-1-3-10(4-2-9)14(19)17-13-6-5-11(18(20)21)7-12(13)16/h1-7H,8H2,(H,17,19). The fourth-order valence-electron chi connectivity index (χ4n) is 1.66. The molecule has 0 aliphatic carbocycles. The van der Waals surface area contributed by atoms with E-state index in [9.17, 15) is 14.9 Å². The average Bonchev–Trinajstić information content (AvgIpc) is 2.49. The largest absolute Gasteiger partial charge is 0.321 e. The zero-order valence-corrected chi connectivity index (χ0v) is 12.2. The number of nitrogens with zero attached hydrogens (tertiary/aromatic N) is 1. The van der Waals surface area contributed by atoms with Crippen LogP contribution in [-0.2, 0) is 5.88 Å². The molecular formula is C14H10Cl2N2O3. The quantitative estimate of drug-likeness (QED) is 0.519. The van der Waals surface area contributed by atoms with Gasteiger partial charge in [-0.15, -0.1) is 11.6 Å². The molecule has 0 spiro atoms. The third-order valence-corrected chi connectivity index (χ3v) is 3.40. The maximum absolute atomic E-state index is 12.0. The number of anilines is 1. The van der Waals surface area contributed by atoms with Crippen LogP contribution in [0.3, 0.4) is 0 Å². The van der Waals surface area contributed by atoms with Gasteiger partial charge in [-0.05, 0) is 23.8 Å². The van der Waals surface area contributed by atoms with E-state index in [0.717, 1.165) is 5.56 Å². The number of hydrogen-bond acceptors (Lipinski definition) is 3. The summed E-state index contributed by atoms with van der Waals surface area (Å²) >= 11 is 11.6. The van der Waals surface area contributed by atoms with Crippen molar-refractivity contribution >= 4 is 40.5 Å². The van der Waals surface area contributed by atoms with Crippen LogP contribution < -0.4 is 5.32 Å². The van der Waals surface area contributed by atoms with Gasteiger partial charge in [0.1, 0.15) is 0 Å². The third-order valence-electron chi connectivity index (χ3n) is 2.78. The topological polar surface area (TPSA) is 72.2 Å². The SMILES string of the molecule is O=C(Nc1ccc([N+](=O)[O-])cc1Cl)c1ccc(CCl)cc1. The number of nitrogens with one attached hydrogen (secondary N) is 1. The molecule has 0 aliphatic heterocycles. The van der Waals surface area contributed by atoms with Gasteiger partial charge >= 0.3 is 0 Å². The fraction of sp³-hybridized carbons (Fsp3) is 0.0714. The predicted octanol–water partition coefficient (Wildman–Crippen LogP) is 4.24. The zero-order chi connectivity index (χ0) is 15.4. The summed E-state index contributed by atoms with van der Waals surface area (Å²) in [6.07, 6.45) is 0. The first-order valence-corrected chi connectivity index (χ1v) is 6.82. The molecule has 0 fully saturated rings. The number of alkyl halides is 1. The summed E-state index contributed by atoms with van der Waals surface area (Å²) in [5.74, 6) is 0.0164. The highest BCUT2D eigenvalue weighted by molar-refractivity contribution is 6.34. The molecule has 108 valence electrons. The van der Waals surface area contributed by atoms with E-state index >= 15 is 0 Å². The van der Waals surface area contributed by atoms with Crippen molar-refractivity contribution in [3.63, 3.8) is 0 Å². The van der Waals surface area contributed by atoms with Crippen LogP contribution in [0.1, 0.15) is 15.9 Å². The number of carbonyl (C=O) groups excluding carboxylic acids is 1. The molecular weight excluding hydrogens is 315 g/mol. The summed E-state index contributed by atoms with van der Waals surface area (Å²) in [5.41, 5.74) is 1.53. The second-order valence-electron chi connectivity index (χ2n) is 4.21. The Bertz CT molecular complexity index is 687. The van der Waals surface area contributed by atoms with E-state index in [1.807, 2.05) is 0 Å². The third kappa shape index (κ3) is 3.71. The number of amides is 1. The summed E-state index contributed by atoms with van der Waals surface area (Å²) in [6, 6.07) is 10.6. The maximum Gasteiger partial charge on any atom is 0.271 e. The van der Waals surface area contributed by atoms with Crippen LogP contribution in [0, 0.1) is 10.1 Å². The van der Waals surface area contributed by atoms with Crippen molar-refractivity contribution in [2.45, 2.75) is 5.88 Å². The van der Waals surface area contributed by atoms with Gasteiger partial charge in [0.15, 0.2) is 0 Å². The number of halogens is 2. The molecule has 0 aromatic heterocycles. The lowest BCUT2D eigenvalue weighted by molar-refractivity contribution is -0.384. The van der Waals surface area contributed by atoms with Gasteiger partial charge in [-0.1, -0.05) is 23.7 Å². The summed E-state index contributed by atoms with van der Waals surface area (Å²) in [5, 5.41) is 13.3. The van der Waals surface area contributed by atoms with E-state index in [0.29, 0.717) is 17.1 Å². The lowest BCUT2D eigenvalue weighted by atomic mass is 10.1. The molecule has 0 bridgehead atoms. The number of carbonyl (C=O) groups is 1. The van der Waals surface area contributed by atoms with Gasteiger partial charge in [-0.2, -0.15) is 0 Å². The number of nitro groups is 1. The number of nitro benzene ring substituents is 1. The van der Waals surface area contributed by atoms with Gasteiger partial charge in [0, 0.05) is 23.6 Å². The van der Waals surface area contributed by atoms with Crippen LogP contribution in [0.25, 0.3) is 0 Å². The molecule has 0 atom stereocenters. The first kappa shape index (κ1) is 15.3. The monoisotopic (exact) mass is 324 g/mol.